The molecule has 0 unspecified atom stereocenters. The third-order valence-corrected chi connectivity index (χ3v) is 10.6. The summed E-state index contributed by atoms with van der Waals surface area (Å²) < 4.78 is 0. The van der Waals surface area contributed by atoms with E-state index in [-0.39, 0.29) is 0 Å². The molecule has 6 aromatic rings. The fourth-order valence-electron chi connectivity index (χ4n) is 6.57. The first kappa shape index (κ1) is 23.5. The highest BCUT2D eigenvalue weighted by Crippen LogP contribution is 2.64. The van der Waals surface area contributed by atoms with Gasteiger partial charge in [0.2, 0.25) is 0 Å². The quantitative estimate of drug-likeness (QED) is 0.212. The van der Waals surface area contributed by atoms with Gasteiger partial charge >= 0.3 is 0 Å². The lowest BCUT2D eigenvalue weighted by Gasteiger charge is -2.40. The minimum Gasteiger partial charge on any atom is -0.305 e. The van der Waals surface area contributed by atoms with Gasteiger partial charge in [-0.1, -0.05) is 115 Å². The molecule has 0 aliphatic carbocycles. The van der Waals surface area contributed by atoms with E-state index in [9.17, 15) is 0 Å². The average Bonchev–Trinajstić information content (AvgIpc) is 3.20. The average molecular weight is 560 g/mol. The lowest BCUT2D eigenvalue weighted by atomic mass is 9.97. The molecule has 0 saturated heterocycles. The maximum absolute atomic E-state index is 2.62. The molecule has 194 valence electrons. The van der Waals surface area contributed by atoms with E-state index in [1.807, 2.05) is 23.5 Å². The number of aryl methyl sites for hydroxylation is 2. The van der Waals surface area contributed by atoms with Gasteiger partial charge in [-0.3, -0.25) is 0 Å². The van der Waals surface area contributed by atoms with Crippen molar-refractivity contribution in [2.45, 2.75) is 32.4 Å². The molecule has 0 atom stereocenters. The predicted molar refractivity (Wildman–Crippen MR) is 173 cm³/mol. The second kappa shape index (κ2) is 9.17. The molecule has 3 heterocycles. The van der Waals surface area contributed by atoms with Gasteiger partial charge in [-0.25, -0.2) is 0 Å². The Morgan fingerprint density at radius 2 is 0.707 bits per heavy atom. The van der Waals surface area contributed by atoms with E-state index in [0.717, 1.165) is 12.8 Å². The smallest absolute Gasteiger partial charge is 0.0742 e. The summed E-state index contributed by atoms with van der Waals surface area (Å²) in [6.45, 7) is 0. The predicted octanol–water partition coefficient (Wildman–Crippen LogP) is 11.2. The van der Waals surface area contributed by atoms with Gasteiger partial charge in [0, 0.05) is 19.6 Å². The molecule has 0 spiro atoms. The van der Waals surface area contributed by atoms with E-state index in [4.69, 9.17) is 0 Å². The van der Waals surface area contributed by atoms with Crippen LogP contribution in [0.1, 0.15) is 11.1 Å². The van der Waals surface area contributed by atoms with Gasteiger partial charge in [-0.2, -0.15) is 0 Å². The molecule has 0 N–H and O–H groups in total. The van der Waals surface area contributed by atoms with E-state index >= 15 is 0 Å². The van der Waals surface area contributed by atoms with Crippen LogP contribution in [-0.4, -0.2) is 0 Å². The highest BCUT2D eigenvalue weighted by atomic mass is 32.2. The van der Waals surface area contributed by atoms with Crippen LogP contribution < -0.4 is 4.90 Å². The number of hydrogen-bond donors (Lipinski definition) is 0. The van der Waals surface area contributed by atoms with Crippen molar-refractivity contribution in [3.8, 4) is 33.4 Å². The summed E-state index contributed by atoms with van der Waals surface area (Å²) in [6.07, 6.45) is 2.06. The molecule has 3 aliphatic heterocycles. The van der Waals surface area contributed by atoms with Crippen molar-refractivity contribution < 1.29 is 0 Å². The standard InChI is InChI=1S/C38H25NS2/c1-4-10-24(11-5-1)29-18-27-16-17-28-19-30(25-12-6-2-7-13-25)21-33-37(28)39-36(27)32(20-29)40-34-22-31(23-35(41-33)38(34)39)26-14-8-3-9-15-26/h1-15,18-23H,16-17H2. The van der Waals surface area contributed by atoms with E-state index < -0.39 is 0 Å². The Morgan fingerprint density at radius 3 is 1.10 bits per heavy atom. The highest BCUT2D eigenvalue weighted by molar-refractivity contribution is 8.00. The van der Waals surface area contributed by atoms with Gasteiger partial charge in [0.25, 0.3) is 0 Å². The van der Waals surface area contributed by atoms with Gasteiger partial charge in [0.15, 0.2) is 0 Å². The molecule has 0 amide bonds. The molecular weight excluding hydrogens is 535 g/mol. The molecule has 9 rings (SSSR count). The first-order valence-electron chi connectivity index (χ1n) is 14.1. The summed E-state index contributed by atoms with van der Waals surface area (Å²) in [6, 6.07) is 47.0. The van der Waals surface area contributed by atoms with Gasteiger partial charge in [0.05, 0.1) is 17.1 Å². The van der Waals surface area contributed by atoms with Gasteiger partial charge < -0.3 is 4.90 Å². The third-order valence-electron chi connectivity index (χ3n) is 8.44. The van der Waals surface area contributed by atoms with E-state index in [1.54, 1.807) is 0 Å². The van der Waals surface area contributed by atoms with Gasteiger partial charge in [-0.15, -0.1) is 0 Å². The Labute approximate surface area is 248 Å². The minimum absolute atomic E-state index is 1.03. The Bertz CT molecular complexity index is 1860. The van der Waals surface area contributed by atoms with Crippen molar-refractivity contribution in [2.24, 2.45) is 0 Å². The number of anilines is 3. The van der Waals surface area contributed by atoms with Crippen molar-refractivity contribution in [1.29, 1.82) is 0 Å². The minimum atomic E-state index is 1.03. The molecule has 0 fully saturated rings. The topological polar surface area (TPSA) is 3.24 Å². The molecule has 0 saturated carbocycles. The van der Waals surface area contributed by atoms with Crippen molar-refractivity contribution in [3.63, 3.8) is 0 Å². The Balaban J connectivity index is 1.32. The van der Waals surface area contributed by atoms with Crippen LogP contribution in [0.5, 0.6) is 0 Å². The van der Waals surface area contributed by atoms with Crippen LogP contribution in [0.4, 0.5) is 17.1 Å². The van der Waals surface area contributed by atoms with E-state index in [0.29, 0.717) is 0 Å². The summed E-state index contributed by atoms with van der Waals surface area (Å²) in [5.41, 5.74) is 14.7. The molecule has 1 nitrogen and oxygen atoms in total. The van der Waals surface area contributed by atoms with Crippen molar-refractivity contribution in [3.05, 3.63) is 139 Å². The van der Waals surface area contributed by atoms with Crippen molar-refractivity contribution >= 4 is 40.6 Å². The SMILES string of the molecule is c1ccc(-c2cc3c4c(c2)Sc2cc(-c5ccccc5)cc5c2N4c2c(cc(-c4ccccc4)cc2S5)CC3)cc1. The lowest BCUT2D eigenvalue weighted by Crippen LogP contribution is -2.20. The summed E-state index contributed by atoms with van der Waals surface area (Å²) >= 11 is 3.88. The maximum atomic E-state index is 2.62. The number of hydrogen-bond acceptors (Lipinski definition) is 3. The molecule has 0 radical (unpaired) electrons. The summed E-state index contributed by atoms with van der Waals surface area (Å²) in [7, 11) is 0. The molecule has 6 aromatic carbocycles. The second-order valence-electron chi connectivity index (χ2n) is 10.9. The van der Waals surface area contributed by atoms with Crippen LogP contribution in [0.15, 0.2) is 147 Å². The summed E-state index contributed by atoms with van der Waals surface area (Å²) in [5.74, 6) is 0. The van der Waals surface area contributed by atoms with Crippen LogP contribution in [0.25, 0.3) is 33.4 Å². The van der Waals surface area contributed by atoms with Crippen LogP contribution >= 0.6 is 23.5 Å². The second-order valence-corrected chi connectivity index (χ2v) is 13.1. The van der Waals surface area contributed by atoms with Crippen LogP contribution in [0.3, 0.4) is 0 Å². The van der Waals surface area contributed by atoms with Gasteiger partial charge in [0.1, 0.15) is 0 Å². The maximum Gasteiger partial charge on any atom is 0.0742 e. The summed E-state index contributed by atoms with van der Waals surface area (Å²) in [5, 5.41) is 0. The van der Waals surface area contributed by atoms with Crippen LogP contribution in [-0.2, 0) is 12.8 Å². The monoisotopic (exact) mass is 559 g/mol. The molecule has 3 aliphatic rings. The molecule has 0 bridgehead atoms. The zero-order valence-corrected chi connectivity index (χ0v) is 23.9. The number of nitrogens with zero attached hydrogens (tertiary/aromatic N) is 1. The Hall–Kier alpha value is -4.18. The lowest BCUT2D eigenvalue weighted by molar-refractivity contribution is 0.972. The largest absolute Gasteiger partial charge is 0.305 e. The van der Waals surface area contributed by atoms with Crippen molar-refractivity contribution in [2.75, 3.05) is 4.90 Å². The first-order valence-corrected chi connectivity index (χ1v) is 15.8. The zero-order valence-electron chi connectivity index (χ0n) is 22.3. The van der Waals surface area contributed by atoms with E-state index in [1.165, 1.54) is 81.2 Å². The van der Waals surface area contributed by atoms with Gasteiger partial charge in [-0.05, 0) is 93.7 Å². The normalized spacial score (nSPS) is 13.9. The fraction of sp³-hybridized carbons (Fsp3) is 0.0526. The van der Waals surface area contributed by atoms with Crippen molar-refractivity contribution in [1.82, 2.24) is 0 Å². The Morgan fingerprint density at radius 1 is 0.366 bits per heavy atom. The molecule has 41 heavy (non-hydrogen) atoms. The molecule has 0 aromatic heterocycles. The molecular formula is C38H25NS2. The summed E-state index contributed by atoms with van der Waals surface area (Å²) in [4.78, 5) is 8.00. The van der Waals surface area contributed by atoms with Crippen LogP contribution in [0.2, 0.25) is 0 Å². The molecule has 3 heteroatoms. The zero-order chi connectivity index (χ0) is 26.9. The number of rotatable bonds is 3. The fourth-order valence-corrected chi connectivity index (χ4v) is 9.08. The first-order chi connectivity index (χ1) is 20.3. The third kappa shape index (κ3) is 3.73. The Kier molecular flexibility index (Phi) is 5.26. The number of benzene rings is 6. The highest BCUT2D eigenvalue weighted by Gasteiger charge is 2.38. The van der Waals surface area contributed by atoms with E-state index in [2.05, 4.69) is 132 Å². The van der Waals surface area contributed by atoms with Crippen LogP contribution in [0, 0.1) is 0 Å².